The molecule has 0 saturated carbocycles. The Morgan fingerprint density at radius 1 is 1.22 bits per heavy atom. The van der Waals surface area contributed by atoms with Gasteiger partial charge in [0, 0.05) is 31.2 Å². The summed E-state index contributed by atoms with van der Waals surface area (Å²) in [6, 6.07) is 0.226. The summed E-state index contributed by atoms with van der Waals surface area (Å²) in [5.41, 5.74) is 1.97. The van der Waals surface area contributed by atoms with Gasteiger partial charge < -0.3 is 15.3 Å². The monoisotopic (exact) mass is 334 g/mol. The molecule has 1 aromatic heterocycles. The normalized spacial score (nSPS) is 17.7. The number of nitrogens with one attached hydrogen (secondary N) is 1. The molecule has 0 aromatic carbocycles. The number of nitrogens with zero attached hydrogens (tertiary/aromatic N) is 3. The number of halogens is 3. The van der Waals surface area contributed by atoms with E-state index in [-0.39, 0.29) is 19.2 Å². The molecule has 1 saturated heterocycles. The highest BCUT2D eigenvalue weighted by molar-refractivity contribution is 5.47. The van der Waals surface area contributed by atoms with E-state index in [0.29, 0.717) is 19.6 Å². The molecule has 0 spiro atoms. The second-order valence-electron chi connectivity index (χ2n) is 6.13. The lowest BCUT2D eigenvalue weighted by Gasteiger charge is -2.33. The molecule has 132 valence electrons. The van der Waals surface area contributed by atoms with Gasteiger partial charge in [-0.1, -0.05) is 0 Å². The van der Waals surface area contributed by atoms with Crippen LogP contribution in [0.3, 0.4) is 0 Å². The Balaban J connectivity index is 1.87. The van der Waals surface area contributed by atoms with Crippen LogP contribution < -0.4 is 5.32 Å². The Kier molecular flexibility index (Phi) is 5.91. The van der Waals surface area contributed by atoms with Crippen LogP contribution in [0.1, 0.15) is 30.5 Å². The van der Waals surface area contributed by atoms with E-state index >= 15 is 0 Å². The minimum absolute atomic E-state index is 0.0190. The Labute approximate surface area is 134 Å². The number of likely N-dealkylation sites (tertiary alicyclic amines) is 1. The van der Waals surface area contributed by atoms with E-state index in [1.807, 2.05) is 18.7 Å². The van der Waals surface area contributed by atoms with E-state index in [0.717, 1.165) is 29.9 Å². The first-order chi connectivity index (χ1) is 10.8. The summed E-state index contributed by atoms with van der Waals surface area (Å²) in [6.45, 7) is 5.77. The number of anilines is 1. The molecule has 1 aromatic rings. The average Bonchev–Trinajstić information content (AvgIpc) is 2.74. The fraction of sp³-hybridized carbons (Fsp3) is 0.800. The molecule has 1 aliphatic heterocycles. The smallest absolute Gasteiger partial charge is 0.390 e. The number of aliphatic hydroxyl groups is 1. The van der Waals surface area contributed by atoms with E-state index in [9.17, 15) is 13.2 Å². The molecule has 0 amide bonds. The molecule has 0 aliphatic carbocycles. The summed E-state index contributed by atoms with van der Waals surface area (Å²) in [4.78, 5) is 1.87. The van der Waals surface area contributed by atoms with Crippen molar-refractivity contribution in [3.63, 3.8) is 0 Å². The zero-order valence-electron chi connectivity index (χ0n) is 13.7. The lowest BCUT2D eigenvalue weighted by Crippen LogP contribution is -2.40. The molecule has 2 rings (SSSR count). The first-order valence-electron chi connectivity index (χ1n) is 8.00. The summed E-state index contributed by atoms with van der Waals surface area (Å²) >= 11 is 0. The fourth-order valence-electron chi connectivity index (χ4n) is 2.89. The van der Waals surface area contributed by atoms with Gasteiger partial charge in [-0.05, 0) is 26.7 Å². The zero-order valence-corrected chi connectivity index (χ0v) is 13.7. The van der Waals surface area contributed by atoms with E-state index < -0.39 is 12.6 Å². The molecule has 0 radical (unpaired) electrons. The van der Waals surface area contributed by atoms with Crippen molar-refractivity contribution < 1.29 is 18.3 Å². The van der Waals surface area contributed by atoms with Crippen molar-refractivity contribution in [2.45, 2.75) is 51.9 Å². The topological polar surface area (TPSA) is 53.3 Å². The highest BCUT2D eigenvalue weighted by atomic mass is 19.4. The summed E-state index contributed by atoms with van der Waals surface area (Å²) in [6.07, 6.45) is -3.21. The number of rotatable bonds is 6. The molecule has 1 aliphatic rings. The molecule has 0 atom stereocenters. The molecular weight excluding hydrogens is 309 g/mol. The minimum atomic E-state index is -4.08. The number of alkyl halides is 3. The summed E-state index contributed by atoms with van der Waals surface area (Å²) in [5, 5.41) is 17.0. The van der Waals surface area contributed by atoms with Crippen LogP contribution in [0.5, 0.6) is 0 Å². The first kappa shape index (κ1) is 18.1. The fourth-order valence-corrected chi connectivity index (χ4v) is 2.89. The quantitative estimate of drug-likeness (QED) is 0.838. The van der Waals surface area contributed by atoms with Gasteiger partial charge >= 0.3 is 6.18 Å². The Hall–Kier alpha value is -1.28. The van der Waals surface area contributed by atoms with Gasteiger partial charge in [0.25, 0.3) is 0 Å². The van der Waals surface area contributed by atoms with Gasteiger partial charge in [-0.25, -0.2) is 4.68 Å². The third-order valence-electron chi connectivity index (χ3n) is 4.38. The van der Waals surface area contributed by atoms with Crippen LogP contribution in [-0.4, -0.2) is 58.2 Å². The molecule has 2 N–H and O–H groups in total. The van der Waals surface area contributed by atoms with Gasteiger partial charge in [-0.3, -0.25) is 0 Å². The number of hydrogen-bond donors (Lipinski definition) is 2. The highest BCUT2D eigenvalue weighted by Gasteiger charge is 2.29. The van der Waals surface area contributed by atoms with E-state index in [4.69, 9.17) is 5.11 Å². The first-order valence-corrected chi connectivity index (χ1v) is 8.00. The largest absolute Gasteiger partial charge is 0.394 e. The molecule has 8 heteroatoms. The van der Waals surface area contributed by atoms with Gasteiger partial charge in [0.05, 0.1) is 25.3 Å². The van der Waals surface area contributed by atoms with Crippen molar-refractivity contribution >= 4 is 5.82 Å². The number of hydrogen-bond acceptors (Lipinski definition) is 4. The number of piperidine rings is 1. The summed E-state index contributed by atoms with van der Waals surface area (Å²) in [5.74, 6) is 0.908. The molecular formula is C15H25F3N4O. The number of aliphatic hydroxyl groups excluding tert-OH is 1. The average molecular weight is 334 g/mol. The van der Waals surface area contributed by atoms with Gasteiger partial charge in [0.15, 0.2) is 0 Å². The minimum Gasteiger partial charge on any atom is -0.394 e. The summed E-state index contributed by atoms with van der Waals surface area (Å²) < 4.78 is 38.6. The number of aromatic nitrogens is 2. The molecule has 1 fully saturated rings. The van der Waals surface area contributed by atoms with E-state index in [2.05, 4.69) is 10.4 Å². The third-order valence-corrected chi connectivity index (χ3v) is 4.38. The molecule has 0 bridgehead atoms. The van der Waals surface area contributed by atoms with Crippen molar-refractivity contribution in [2.24, 2.45) is 0 Å². The number of aryl methyl sites for hydroxylation is 1. The summed E-state index contributed by atoms with van der Waals surface area (Å²) in [7, 11) is 0. The Bertz CT molecular complexity index is 508. The molecule has 5 nitrogen and oxygen atoms in total. The van der Waals surface area contributed by atoms with Crippen molar-refractivity contribution in [1.29, 1.82) is 0 Å². The lowest BCUT2D eigenvalue weighted by molar-refractivity contribution is -0.138. The van der Waals surface area contributed by atoms with Crippen LogP contribution in [-0.2, 0) is 6.54 Å². The van der Waals surface area contributed by atoms with Crippen molar-refractivity contribution in [3.8, 4) is 0 Å². The molecule has 0 unspecified atom stereocenters. The third kappa shape index (κ3) is 5.10. The second kappa shape index (κ2) is 7.53. The predicted molar refractivity (Wildman–Crippen MR) is 82.5 cm³/mol. The predicted octanol–water partition coefficient (Wildman–Crippen LogP) is 2.32. The van der Waals surface area contributed by atoms with Crippen molar-refractivity contribution in [2.75, 3.05) is 31.6 Å². The SMILES string of the molecule is Cc1nn(CCO)c(NC2CCN(CCC(F)(F)F)CC2)c1C. The Morgan fingerprint density at radius 2 is 1.87 bits per heavy atom. The van der Waals surface area contributed by atoms with E-state index in [1.54, 1.807) is 4.68 Å². The Morgan fingerprint density at radius 3 is 2.43 bits per heavy atom. The van der Waals surface area contributed by atoms with Crippen LogP contribution in [0.15, 0.2) is 0 Å². The van der Waals surface area contributed by atoms with Gasteiger partial charge in [0.1, 0.15) is 5.82 Å². The van der Waals surface area contributed by atoms with Gasteiger partial charge in [-0.15, -0.1) is 0 Å². The van der Waals surface area contributed by atoms with Crippen LogP contribution in [0, 0.1) is 13.8 Å². The maximum atomic E-state index is 12.3. The van der Waals surface area contributed by atoms with Crippen molar-refractivity contribution in [3.05, 3.63) is 11.3 Å². The van der Waals surface area contributed by atoms with Crippen LogP contribution in [0.25, 0.3) is 0 Å². The van der Waals surface area contributed by atoms with Crippen LogP contribution in [0.4, 0.5) is 19.0 Å². The zero-order chi connectivity index (χ0) is 17.0. The van der Waals surface area contributed by atoms with Crippen molar-refractivity contribution in [1.82, 2.24) is 14.7 Å². The lowest BCUT2D eigenvalue weighted by atomic mass is 10.0. The second-order valence-corrected chi connectivity index (χ2v) is 6.13. The van der Waals surface area contributed by atoms with Crippen LogP contribution >= 0.6 is 0 Å². The van der Waals surface area contributed by atoms with Gasteiger partial charge in [-0.2, -0.15) is 18.3 Å². The maximum Gasteiger partial charge on any atom is 0.390 e. The maximum absolute atomic E-state index is 12.3. The van der Waals surface area contributed by atoms with E-state index in [1.165, 1.54) is 0 Å². The molecule has 23 heavy (non-hydrogen) atoms. The van der Waals surface area contributed by atoms with Crippen LogP contribution in [0.2, 0.25) is 0 Å². The molecule has 2 heterocycles. The van der Waals surface area contributed by atoms with Gasteiger partial charge in [0.2, 0.25) is 0 Å². The highest BCUT2D eigenvalue weighted by Crippen LogP contribution is 2.24. The standard InChI is InChI=1S/C15H25F3N4O/c1-11-12(2)20-22(9-10-23)14(11)19-13-3-6-21(7-4-13)8-5-15(16,17)18/h13,19,23H,3-10H2,1-2H3.